The number of carbonyl (C=O) groups is 1. The van der Waals surface area contributed by atoms with Crippen LogP contribution in [0.5, 0.6) is 0 Å². The summed E-state index contributed by atoms with van der Waals surface area (Å²) in [5.41, 5.74) is 1.75. The van der Waals surface area contributed by atoms with Gasteiger partial charge in [0.2, 0.25) is 5.91 Å². The second-order valence-corrected chi connectivity index (χ2v) is 11.0. The highest BCUT2D eigenvalue weighted by atomic mass is 19.4. The van der Waals surface area contributed by atoms with E-state index < -0.39 is 11.8 Å². The van der Waals surface area contributed by atoms with E-state index in [0.717, 1.165) is 54.4 Å². The van der Waals surface area contributed by atoms with Gasteiger partial charge < -0.3 is 10.4 Å². The minimum atomic E-state index is -4.76. The van der Waals surface area contributed by atoms with E-state index in [-0.39, 0.29) is 23.6 Å². The number of amides is 1. The van der Waals surface area contributed by atoms with Crippen LogP contribution >= 0.6 is 0 Å². The van der Waals surface area contributed by atoms with Crippen molar-refractivity contribution in [3.8, 4) is 11.1 Å². The number of piperazine rings is 1. The Morgan fingerprint density at radius 1 is 1.02 bits per heavy atom. The molecule has 2 heterocycles. The van der Waals surface area contributed by atoms with Gasteiger partial charge >= 0.3 is 6.18 Å². The number of rotatable bonds is 8. The molecule has 1 aromatic heterocycles. The van der Waals surface area contributed by atoms with E-state index in [9.17, 15) is 23.1 Å². The summed E-state index contributed by atoms with van der Waals surface area (Å²) in [7, 11) is 0. The van der Waals surface area contributed by atoms with Crippen LogP contribution in [0.25, 0.3) is 11.1 Å². The molecule has 1 saturated heterocycles. The Morgan fingerprint density at radius 3 is 2.30 bits per heavy atom. The lowest BCUT2D eigenvalue weighted by Gasteiger charge is -2.41. The Kier molecular flexibility index (Phi) is 8.97. The van der Waals surface area contributed by atoms with E-state index >= 15 is 0 Å². The summed E-state index contributed by atoms with van der Waals surface area (Å²) in [6.07, 6.45) is -1.21. The molecule has 1 aliphatic rings. The molecule has 1 amide bonds. The fourth-order valence-corrected chi connectivity index (χ4v) is 5.11. The smallest absolute Gasteiger partial charge is 0.376 e. The summed E-state index contributed by atoms with van der Waals surface area (Å²) >= 11 is 0. The van der Waals surface area contributed by atoms with Crippen molar-refractivity contribution in [2.75, 3.05) is 19.6 Å². The van der Waals surface area contributed by atoms with Crippen LogP contribution in [-0.2, 0) is 23.5 Å². The van der Waals surface area contributed by atoms with Crippen molar-refractivity contribution in [1.29, 1.82) is 0 Å². The summed E-state index contributed by atoms with van der Waals surface area (Å²) in [6, 6.07) is 15.6. The van der Waals surface area contributed by atoms with Crippen LogP contribution in [0.1, 0.15) is 43.0 Å². The van der Waals surface area contributed by atoms with Crippen LogP contribution in [0.2, 0.25) is 0 Å². The number of hydrogen-bond acceptors (Lipinski definition) is 5. The van der Waals surface area contributed by atoms with Crippen LogP contribution in [0.15, 0.2) is 67.0 Å². The van der Waals surface area contributed by atoms with Crippen molar-refractivity contribution in [1.82, 2.24) is 20.1 Å². The molecular weight excluding hydrogens is 517 g/mol. The third-order valence-electron chi connectivity index (χ3n) is 7.45. The molecule has 3 aromatic rings. The maximum absolute atomic E-state index is 13.2. The number of aromatic nitrogens is 1. The number of nitrogens with one attached hydrogen (secondary N) is 1. The average molecular weight is 555 g/mol. The van der Waals surface area contributed by atoms with Crippen molar-refractivity contribution in [2.45, 2.75) is 64.6 Å². The maximum atomic E-state index is 13.2. The Balaban J connectivity index is 1.49. The molecular formula is C31H37F3N4O2. The summed E-state index contributed by atoms with van der Waals surface area (Å²) < 4.78 is 39.7. The Morgan fingerprint density at radius 2 is 1.70 bits per heavy atom. The fraction of sp³-hybridized carbons (Fsp3) is 0.419. The lowest BCUT2D eigenvalue weighted by atomic mass is 9.92. The average Bonchev–Trinajstić information content (AvgIpc) is 2.89. The van der Waals surface area contributed by atoms with Gasteiger partial charge in [-0.2, -0.15) is 13.2 Å². The van der Waals surface area contributed by atoms with E-state index in [4.69, 9.17) is 0 Å². The number of nitrogens with zero attached hydrogens (tertiary/aromatic N) is 3. The number of halogens is 3. The molecule has 2 atom stereocenters. The van der Waals surface area contributed by atoms with Gasteiger partial charge in [-0.25, -0.2) is 0 Å². The van der Waals surface area contributed by atoms with E-state index in [0.29, 0.717) is 13.1 Å². The second-order valence-electron chi connectivity index (χ2n) is 11.0. The SMILES string of the molecule is Cc1cc(CN2CCN(Cc3ccncc3)CC2C(=O)NC(C)C)ccc1-c1ccc(C(C)(O)C(F)(F)F)cc1. The van der Waals surface area contributed by atoms with Gasteiger partial charge in [0.05, 0.1) is 0 Å². The van der Waals surface area contributed by atoms with Gasteiger partial charge in [-0.05, 0) is 73.2 Å². The van der Waals surface area contributed by atoms with Gasteiger partial charge in [0, 0.05) is 51.2 Å². The molecule has 0 radical (unpaired) electrons. The first-order chi connectivity index (χ1) is 18.8. The first-order valence-electron chi connectivity index (χ1n) is 13.5. The molecule has 1 aliphatic heterocycles. The Labute approximate surface area is 233 Å². The number of alkyl halides is 3. The maximum Gasteiger partial charge on any atom is 0.421 e. The van der Waals surface area contributed by atoms with Gasteiger partial charge in [0.15, 0.2) is 5.60 Å². The summed E-state index contributed by atoms with van der Waals surface area (Å²) in [5.74, 6) is 0.0117. The standard InChI is InChI=1S/C31H37F3N4O2/c1-21(2)36-29(39)28-20-37(18-23-11-13-35-14-12-23)15-16-38(28)19-24-5-10-27(22(3)17-24)25-6-8-26(9-7-25)30(4,40)31(32,33)34/h5-14,17,21,28,40H,15-16,18-20H2,1-4H3,(H,36,39). The zero-order valence-electron chi connectivity index (χ0n) is 23.4. The van der Waals surface area contributed by atoms with Gasteiger partial charge in [0.25, 0.3) is 0 Å². The van der Waals surface area contributed by atoms with Crippen LogP contribution in [0.4, 0.5) is 13.2 Å². The van der Waals surface area contributed by atoms with Gasteiger partial charge in [-0.3, -0.25) is 19.6 Å². The van der Waals surface area contributed by atoms with E-state index in [1.54, 1.807) is 24.5 Å². The van der Waals surface area contributed by atoms with Gasteiger partial charge in [-0.15, -0.1) is 0 Å². The second kappa shape index (κ2) is 12.1. The number of carbonyl (C=O) groups excluding carboxylic acids is 1. The number of pyridine rings is 1. The minimum absolute atomic E-state index is 0.0117. The van der Waals surface area contributed by atoms with Crippen molar-refractivity contribution in [3.05, 3.63) is 89.2 Å². The molecule has 4 rings (SSSR count). The lowest BCUT2D eigenvalue weighted by Crippen LogP contribution is -2.59. The predicted octanol–water partition coefficient (Wildman–Crippen LogP) is 5.04. The molecule has 2 unspecified atom stereocenters. The van der Waals surface area contributed by atoms with Crippen molar-refractivity contribution < 1.29 is 23.1 Å². The Hall–Kier alpha value is -3.27. The Bertz CT molecular complexity index is 1290. The molecule has 1 fully saturated rings. The number of benzene rings is 2. The zero-order chi connectivity index (χ0) is 29.1. The van der Waals surface area contributed by atoms with E-state index in [1.807, 2.05) is 45.0 Å². The quantitative estimate of drug-likeness (QED) is 0.409. The largest absolute Gasteiger partial charge is 0.421 e. The van der Waals surface area contributed by atoms with E-state index in [2.05, 4.69) is 26.2 Å². The summed E-state index contributed by atoms with van der Waals surface area (Å²) in [4.78, 5) is 21.8. The van der Waals surface area contributed by atoms with Crippen molar-refractivity contribution in [2.24, 2.45) is 0 Å². The van der Waals surface area contributed by atoms with Crippen molar-refractivity contribution in [3.63, 3.8) is 0 Å². The molecule has 2 aromatic carbocycles. The highest BCUT2D eigenvalue weighted by molar-refractivity contribution is 5.82. The molecule has 6 nitrogen and oxygen atoms in total. The topological polar surface area (TPSA) is 68.7 Å². The third kappa shape index (κ3) is 6.89. The highest BCUT2D eigenvalue weighted by Crippen LogP contribution is 2.39. The summed E-state index contributed by atoms with van der Waals surface area (Å²) in [6.45, 7) is 10.2. The minimum Gasteiger partial charge on any atom is -0.376 e. The van der Waals surface area contributed by atoms with E-state index in [1.165, 1.54) is 12.1 Å². The molecule has 40 heavy (non-hydrogen) atoms. The van der Waals surface area contributed by atoms with Crippen LogP contribution in [0.3, 0.4) is 0 Å². The van der Waals surface area contributed by atoms with Gasteiger partial charge in [0.1, 0.15) is 6.04 Å². The lowest BCUT2D eigenvalue weighted by molar-refractivity contribution is -0.258. The van der Waals surface area contributed by atoms with Gasteiger partial charge in [-0.1, -0.05) is 42.5 Å². The van der Waals surface area contributed by atoms with Crippen LogP contribution < -0.4 is 5.32 Å². The highest BCUT2D eigenvalue weighted by Gasteiger charge is 2.51. The van der Waals surface area contributed by atoms with Crippen LogP contribution in [-0.4, -0.2) is 63.7 Å². The first kappa shape index (κ1) is 29.7. The first-order valence-corrected chi connectivity index (χ1v) is 13.5. The molecule has 0 bridgehead atoms. The molecule has 0 saturated carbocycles. The molecule has 2 N–H and O–H groups in total. The number of hydrogen-bond donors (Lipinski definition) is 2. The molecule has 0 spiro atoms. The number of aliphatic hydroxyl groups is 1. The fourth-order valence-electron chi connectivity index (χ4n) is 5.11. The van der Waals surface area contributed by atoms with Crippen LogP contribution in [0, 0.1) is 6.92 Å². The predicted molar refractivity (Wildman–Crippen MR) is 149 cm³/mol. The normalized spacial score (nSPS) is 18.5. The monoisotopic (exact) mass is 554 g/mol. The molecule has 0 aliphatic carbocycles. The zero-order valence-corrected chi connectivity index (χ0v) is 23.4. The number of aryl methyl sites for hydroxylation is 1. The third-order valence-corrected chi connectivity index (χ3v) is 7.45. The van der Waals surface area contributed by atoms with Crippen molar-refractivity contribution >= 4 is 5.91 Å². The summed E-state index contributed by atoms with van der Waals surface area (Å²) in [5, 5.41) is 13.0. The molecule has 214 valence electrons. The molecule has 9 heteroatoms.